The molecular weight excluding hydrogens is 276 g/mol. The molecule has 0 atom stereocenters. The number of rotatable bonds is 5. The van der Waals surface area contributed by atoms with E-state index in [4.69, 9.17) is 4.74 Å². The van der Waals surface area contributed by atoms with Crippen LogP contribution in [0.5, 0.6) is 5.88 Å². The highest BCUT2D eigenvalue weighted by Crippen LogP contribution is 2.27. The summed E-state index contributed by atoms with van der Waals surface area (Å²) >= 11 is 3.12. The van der Waals surface area contributed by atoms with Crippen LogP contribution in [0.4, 0.5) is 5.69 Å². The maximum absolute atomic E-state index is 10.7. The SMILES string of the molecule is C=C(C)CCOc1ncc(Br)cc1[N+](=O)[O-]. The lowest BCUT2D eigenvalue weighted by Gasteiger charge is -2.05. The number of hydrogen-bond acceptors (Lipinski definition) is 4. The Morgan fingerprint density at radius 1 is 1.75 bits per heavy atom. The molecule has 0 fully saturated rings. The van der Waals surface area contributed by atoms with Crippen molar-refractivity contribution < 1.29 is 9.66 Å². The third-order valence-electron chi connectivity index (χ3n) is 1.76. The van der Waals surface area contributed by atoms with Crippen molar-refractivity contribution in [3.8, 4) is 5.88 Å². The lowest BCUT2D eigenvalue weighted by atomic mass is 10.3. The first-order chi connectivity index (χ1) is 7.50. The van der Waals surface area contributed by atoms with E-state index in [9.17, 15) is 10.1 Å². The van der Waals surface area contributed by atoms with Crippen molar-refractivity contribution >= 4 is 21.6 Å². The Kier molecular flexibility index (Phi) is 4.42. The Labute approximate surface area is 101 Å². The Morgan fingerprint density at radius 3 is 3.00 bits per heavy atom. The molecule has 0 saturated carbocycles. The Morgan fingerprint density at radius 2 is 2.44 bits per heavy atom. The normalized spacial score (nSPS) is 9.88. The van der Waals surface area contributed by atoms with Gasteiger partial charge in [-0.1, -0.05) is 5.57 Å². The molecule has 0 bridgehead atoms. The van der Waals surface area contributed by atoms with E-state index in [0.29, 0.717) is 17.5 Å². The molecule has 16 heavy (non-hydrogen) atoms. The summed E-state index contributed by atoms with van der Waals surface area (Å²) in [5, 5.41) is 10.7. The Bertz CT molecular complexity index is 421. The summed E-state index contributed by atoms with van der Waals surface area (Å²) in [6.07, 6.45) is 2.11. The van der Waals surface area contributed by atoms with Gasteiger partial charge in [-0.3, -0.25) is 10.1 Å². The van der Waals surface area contributed by atoms with Gasteiger partial charge < -0.3 is 4.74 Å². The third-order valence-corrected chi connectivity index (χ3v) is 2.20. The van der Waals surface area contributed by atoms with Crippen LogP contribution in [0.2, 0.25) is 0 Å². The van der Waals surface area contributed by atoms with Crippen molar-refractivity contribution in [2.24, 2.45) is 0 Å². The number of aromatic nitrogens is 1. The van der Waals surface area contributed by atoms with Crippen LogP contribution < -0.4 is 4.74 Å². The van der Waals surface area contributed by atoms with Crippen LogP contribution in [0.3, 0.4) is 0 Å². The van der Waals surface area contributed by atoms with Gasteiger partial charge in [-0.15, -0.1) is 6.58 Å². The fraction of sp³-hybridized carbons (Fsp3) is 0.300. The summed E-state index contributed by atoms with van der Waals surface area (Å²) in [7, 11) is 0. The second kappa shape index (κ2) is 5.60. The largest absolute Gasteiger partial charge is 0.472 e. The Hall–Kier alpha value is -1.43. The third kappa shape index (κ3) is 3.62. The molecule has 1 aromatic heterocycles. The van der Waals surface area contributed by atoms with Crippen molar-refractivity contribution in [2.75, 3.05) is 6.61 Å². The molecule has 5 nitrogen and oxygen atoms in total. The highest BCUT2D eigenvalue weighted by Gasteiger charge is 2.17. The summed E-state index contributed by atoms with van der Waals surface area (Å²) in [6, 6.07) is 1.36. The smallest absolute Gasteiger partial charge is 0.332 e. The first kappa shape index (κ1) is 12.6. The standard InChI is InChI=1S/C10H11BrN2O3/c1-7(2)3-4-16-10-9(13(14)15)5-8(11)6-12-10/h5-6H,1,3-4H2,2H3. The summed E-state index contributed by atoms with van der Waals surface area (Å²) in [5.74, 6) is 0.0365. The van der Waals surface area contributed by atoms with Gasteiger partial charge in [0.2, 0.25) is 0 Å². The molecule has 1 rings (SSSR count). The van der Waals surface area contributed by atoms with E-state index in [2.05, 4.69) is 27.5 Å². The van der Waals surface area contributed by atoms with Crippen LogP contribution in [0.1, 0.15) is 13.3 Å². The fourth-order valence-electron chi connectivity index (χ4n) is 0.980. The van der Waals surface area contributed by atoms with Crippen molar-refractivity contribution in [2.45, 2.75) is 13.3 Å². The molecule has 0 amide bonds. The predicted molar refractivity (Wildman–Crippen MR) is 63.5 cm³/mol. The number of ether oxygens (including phenoxy) is 1. The zero-order chi connectivity index (χ0) is 12.1. The second-order valence-electron chi connectivity index (χ2n) is 3.29. The van der Waals surface area contributed by atoms with Gasteiger partial charge in [-0.05, 0) is 22.9 Å². The van der Waals surface area contributed by atoms with E-state index < -0.39 is 4.92 Å². The number of pyridine rings is 1. The molecule has 1 aromatic rings. The van der Waals surface area contributed by atoms with Crippen LogP contribution in [0.25, 0.3) is 0 Å². The van der Waals surface area contributed by atoms with Gasteiger partial charge in [0.25, 0.3) is 5.88 Å². The molecule has 0 N–H and O–H groups in total. The zero-order valence-electron chi connectivity index (χ0n) is 8.77. The summed E-state index contributed by atoms with van der Waals surface area (Å²) in [4.78, 5) is 14.1. The van der Waals surface area contributed by atoms with E-state index in [1.165, 1.54) is 12.3 Å². The minimum atomic E-state index is -0.520. The maximum atomic E-state index is 10.7. The molecule has 86 valence electrons. The molecule has 0 saturated heterocycles. The number of halogens is 1. The number of hydrogen-bond donors (Lipinski definition) is 0. The van der Waals surface area contributed by atoms with Crippen LogP contribution in [-0.4, -0.2) is 16.5 Å². The van der Waals surface area contributed by atoms with E-state index >= 15 is 0 Å². The maximum Gasteiger partial charge on any atom is 0.332 e. The first-order valence-corrected chi connectivity index (χ1v) is 5.37. The Balaban J connectivity index is 2.78. The minimum Gasteiger partial charge on any atom is -0.472 e. The van der Waals surface area contributed by atoms with E-state index in [0.717, 1.165) is 5.57 Å². The number of nitrogens with zero attached hydrogens (tertiary/aromatic N) is 2. The van der Waals surface area contributed by atoms with Gasteiger partial charge in [0.15, 0.2) is 0 Å². The quantitative estimate of drug-likeness (QED) is 0.474. The molecule has 0 spiro atoms. The minimum absolute atomic E-state index is 0.0365. The molecular formula is C10H11BrN2O3. The zero-order valence-corrected chi connectivity index (χ0v) is 10.4. The van der Waals surface area contributed by atoms with Crippen LogP contribution >= 0.6 is 15.9 Å². The monoisotopic (exact) mass is 286 g/mol. The average molecular weight is 287 g/mol. The van der Waals surface area contributed by atoms with Crippen LogP contribution in [-0.2, 0) is 0 Å². The molecule has 0 radical (unpaired) electrons. The first-order valence-electron chi connectivity index (χ1n) is 4.58. The molecule has 0 aliphatic carbocycles. The molecule has 0 aliphatic heterocycles. The average Bonchev–Trinajstić information content (AvgIpc) is 2.19. The van der Waals surface area contributed by atoms with E-state index in [1.807, 2.05) is 6.92 Å². The molecule has 0 unspecified atom stereocenters. The summed E-state index contributed by atoms with van der Waals surface area (Å²) in [5.41, 5.74) is 0.816. The topological polar surface area (TPSA) is 65.3 Å². The molecule has 6 heteroatoms. The van der Waals surface area contributed by atoms with Crippen molar-refractivity contribution in [3.05, 3.63) is 39.0 Å². The lowest BCUT2D eigenvalue weighted by Crippen LogP contribution is -2.02. The van der Waals surface area contributed by atoms with Gasteiger partial charge in [0, 0.05) is 23.2 Å². The van der Waals surface area contributed by atoms with Gasteiger partial charge in [0.1, 0.15) is 0 Å². The second-order valence-corrected chi connectivity index (χ2v) is 4.21. The fourth-order valence-corrected chi connectivity index (χ4v) is 1.30. The summed E-state index contributed by atoms with van der Waals surface area (Å²) in [6.45, 7) is 5.92. The van der Waals surface area contributed by atoms with Gasteiger partial charge >= 0.3 is 5.69 Å². The highest BCUT2D eigenvalue weighted by atomic mass is 79.9. The highest BCUT2D eigenvalue weighted by molar-refractivity contribution is 9.10. The predicted octanol–water partition coefficient (Wildman–Crippen LogP) is 3.10. The van der Waals surface area contributed by atoms with Crippen LogP contribution in [0, 0.1) is 10.1 Å². The van der Waals surface area contributed by atoms with E-state index in [1.54, 1.807) is 0 Å². The van der Waals surface area contributed by atoms with E-state index in [-0.39, 0.29) is 11.6 Å². The van der Waals surface area contributed by atoms with Crippen molar-refractivity contribution in [1.82, 2.24) is 4.98 Å². The van der Waals surface area contributed by atoms with Crippen LogP contribution in [0.15, 0.2) is 28.9 Å². The molecule has 0 aliphatic rings. The summed E-state index contributed by atoms with van der Waals surface area (Å²) < 4.78 is 5.78. The lowest BCUT2D eigenvalue weighted by molar-refractivity contribution is -0.386. The number of nitro groups is 1. The molecule has 0 aromatic carbocycles. The van der Waals surface area contributed by atoms with Gasteiger partial charge in [-0.25, -0.2) is 4.98 Å². The molecule has 1 heterocycles. The van der Waals surface area contributed by atoms with Crippen molar-refractivity contribution in [3.63, 3.8) is 0 Å². The van der Waals surface area contributed by atoms with Gasteiger partial charge in [-0.2, -0.15) is 0 Å². The van der Waals surface area contributed by atoms with Gasteiger partial charge in [0.05, 0.1) is 11.5 Å². The van der Waals surface area contributed by atoms with Crippen molar-refractivity contribution in [1.29, 1.82) is 0 Å².